The van der Waals surface area contributed by atoms with Crippen molar-refractivity contribution in [3.8, 4) is 0 Å². The predicted octanol–water partition coefficient (Wildman–Crippen LogP) is 4.13. The van der Waals surface area contributed by atoms with E-state index in [1.807, 2.05) is 61.5 Å². The van der Waals surface area contributed by atoms with Gasteiger partial charge >= 0.3 is 0 Å². The van der Waals surface area contributed by atoms with E-state index in [9.17, 15) is 9.59 Å². The van der Waals surface area contributed by atoms with Gasteiger partial charge in [-0.3, -0.25) is 9.59 Å². The minimum Gasteiger partial charge on any atom is -0.355 e. The standard InChI is InChI=1S/C21H25ClN2O2S/c1-3-23-21(26)16(2)24(13-17-9-5-4-6-10-17)20(25)15-27-14-18-11-7-8-12-19(18)22/h4-12,16H,3,13-15H2,1-2H3,(H,23,26). The van der Waals surface area contributed by atoms with E-state index in [2.05, 4.69) is 5.32 Å². The largest absolute Gasteiger partial charge is 0.355 e. The number of likely N-dealkylation sites (N-methyl/N-ethyl adjacent to an activating group) is 1. The molecule has 0 radical (unpaired) electrons. The van der Waals surface area contributed by atoms with Gasteiger partial charge < -0.3 is 10.2 Å². The molecule has 1 atom stereocenters. The molecule has 2 rings (SSSR count). The Bertz CT molecular complexity index is 755. The molecule has 0 saturated carbocycles. The van der Waals surface area contributed by atoms with Crippen LogP contribution in [0.3, 0.4) is 0 Å². The molecule has 0 aliphatic rings. The van der Waals surface area contributed by atoms with Gasteiger partial charge in [0.25, 0.3) is 0 Å². The quantitative estimate of drug-likeness (QED) is 0.683. The van der Waals surface area contributed by atoms with Gasteiger partial charge in [-0.15, -0.1) is 11.8 Å². The molecule has 0 spiro atoms. The van der Waals surface area contributed by atoms with E-state index in [1.54, 1.807) is 11.8 Å². The van der Waals surface area contributed by atoms with E-state index in [0.29, 0.717) is 29.6 Å². The zero-order valence-electron chi connectivity index (χ0n) is 15.7. The fourth-order valence-electron chi connectivity index (χ4n) is 2.63. The average molecular weight is 405 g/mol. The van der Waals surface area contributed by atoms with Crippen LogP contribution >= 0.6 is 23.4 Å². The summed E-state index contributed by atoms with van der Waals surface area (Å²) in [5.74, 6) is 0.745. The van der Waals surface area contributed by atoms with Crippen molar-refractivity contribution in [2.45, 2.75) is 32.2 Å². The number of hydrogen-bond acceptors (Lipinski definition) is 3. The van der Waals surface area contributed by atoms with Crippen molar-refractivity contribution in [1.29, 1.82) is 0 Å². The van der Waals surface area contributed by atoms with Crippen molar-refractivity contribution in [3.05, 3.63) is 70.7 Å². The first kappa shape index (κ1) is 21.3. The highest BCUT2D eigenvalue weighted by atomic mass is 35.5. The van der Waals surface area contributed by atoms with E-state index in [1.165, 1.54) is 11.8 Å². The molecular weight excluding hydrogens is 380 g/mol. The summed E-state index contributed by atoms with van der Waals surface area (Å²) in [6.07, 6.45) is 0. The number of amides is 2. The summed E-state index contributed by atoms with van der Waals surface area (Å²) < 4.78 is 0. The van der Waals surface area contributed by atoms with Crippen LogP contribution in [-0.2, 0) is 21.9 Å². The topological polar surface area (TPSA) is 49.4 Å². The summed E-state index contributed by atoms with van der Waals surface area (Å²) in [6.45, 7) is 4.58. The highest BCUT2D eigenvalue weighted by molar-refractivity contribution is 7.99. The number of thioether (sulfide) groups is 1. The van der Waals surface area contributed by atoms with Gasteiger partial charge in [-0.2, -0.15) is 0 Å². The molecule has 6 heteroatoms. The Labute approximate surface area is 170 Å². The molecular formula is C21H25ClN2O2S. The van der Waals surface area contributed by atoms with Gasteiger partial charge in [0.1, 0.15) is 6.04 Å². The van der Waals surface area contributed by atoms with Gasteiger partial charge in [-0.25, -0.2) is 0 Å². The zero-order chi connectivity index (χ0) is 19.6. The average Bonchev–Trinajstić information content (AvgIpc) is 2.68. The van der Waals surface area contributed by atoms with Crippen LogP contribution in [0.1, 0.15) is 25.0 Å². The van der Waals surface area contributed by atoms with Crippen molar-refractivity contribution in [3.63, 3.8) is 0 Å². The normalized spacial score (nSPS) is 11.7. The minimum absolute atomic E-state index is 0.0605. The summed E-state index contributed by atoms with van der Waals surface area (Å²) >= 11 is 7.68. The van der Waals surface area contributed by atoms with Crippen LogP contribution in [-0.4, -0.2) is 35.1 Å². The van der Waals surface area contributed by atoms with Crippen LogP contribution < -0.4 is 5.32 Å². The molecule has 1 unspecified atom stereocenters. The molecule has 144 valence electrons. The molecule has 0 saturated heterocycles. The Balaban J connectivity index is 2.03. The van der Waals surface area contributed by atoms with Gasteiger partial charge in [0.2, 0.25) is 11.8 Å². The Morgan fingerprint density at radius 1 is 1.11 bits per heavy atom. The van der Waals surface area contributed by atoms with E-state index in [-0.39, 0.29) is 11.8 Å². The maximum absolute atomic E-state index is 12.9. The number of rotatable bonds is 9. The smallest absolute Gasteiger partial charge is 0.242 e. The lowest BCUT2D eigenvalue weighted by Crippen LogP contribution is -2.48. The molecule has 1 N–H and O–H groups in total. The maximum Gasteiger partial charge on any atom is 0.242 e. The Morgan fingerprint density at radius 2 is 1.78 bits per heavy atom. The molecule has 0 aliphatic carbocycles. The number of carbonyl (C=O) groups is 2. The highest BCUT2D eigenvalue weighted by Crippen LogP contribution is 2.21. The van der Waals surface area contributed by atoms with Gasteiger partial charge in [-0.1, -0.05) is 60.1 Å². The molecule has 0 aromatic heterocycles. The van der Waals surface area contributed by atoms with E-state index >= 15 is 0 Å². The van der Waals surface area contributed by atoms with Crippen LogP contribution in [0.15, 0.2) is 54.6 Å². The SMILES string of the molecule is CCNC(=O)C(C)N(Cc1ccccc1)C(=O)CSCc1ccccc1Cl. The third-order valence-electron chi connectivity index (χ3n) is 4.15. The Morgan fingerprint density at radius 3 is 2.44 bits per heavy atom. The molecule has 0 bridgehead atoms. The van der Waals surface area contributed by atoms with Gasteiger partial charge in [0.15, 0.2) is 0 Å². The van der Waals surface area contributed by atoms with Crippen LogP contribution in [0.25, 0.3) is 0 Å². The van der Waals surface area contributed by atoms with Gasteiger partial charge in [0, 0.05) is 23.9 Å². The van der Waals surface area contributed by atoms with Crippen LogP contribution in [0.5, 0.6) is 0 Å². The molecule has 27 heavy (non-hydrogen) atoms. The first-order valence-corrected chi connectivity index (χ1v) is 10.5. The third-order valence-corrected chi connectivity index (χ3v) is 5.49. The van der Waals surface area contributed by atoms with Crippen molar-refractivity contribution in [2.24, 2.45) is 0 Å². The number of nitrogens with one attached hydrogen (secondary N) is 1. The molecule has 0 aliphatic heterocycles. The fourth-order valence-corrected chi connectivity index (χ4v) is 3.83. The van der Waals surface area contributed by atoms with Crippen molar-refractivity contribution >= 4 is 35.2 Å². The molecule has 2 aromatic rings. The lowest BCUT2D eigenvalue weighted by Gasteiger charge is -2.28. The second-order valence-corrected chi connectivity index (χ2v) is 7.55. The number of carbonyl (C=O) groups excluding carboxylic acids is 2. The predicted molar refractivity (Wildman–Crippen MR) is 113 cm³/mol. The van der Waals surface area contributed by atoms with Crippen molar-refractivity contribution in [2.75, 3.05) is 12.3 Å². The molecule has 0 fully saturated rings. The van der Waals surface area contributed by atoms with Crippen LogP contribution in [0.4, 0.5) is 0 Å². The zero-order valence-corrected chi connectivity index (χ0v) is 17.2. The Kier molecular flexibility index (Phi) is 8.69. The number of hydrogen-bond donors (Lipinski definition) is 1. The second kappa shape index (κ2) is 11.0. The first-order valence-electron chi connectivity index (χ1n) is 8.95. The van der Waals surface area contributed by atoms with Crippen molar-refractivity contribution < 1.29 is 9.59 Å². The number of benzene rings is 2. The lowest BCUT2D eigenvalue weighted by atomic mass is 10.1. The highest BCUT2D eigenvalue weighted by Gasteiger charge is 2.25. The molecule has 4 nitrogen and oxygen atoms in total. The van der Waals surface area contributed by atoms with E-state index in [0.717, 1.165) is 11.1 Å². The summed E-state index contributed by atoms with van der Waals surface area (Å²) in [5.41, 5.74) is 2.00. The van der Waals surface area contributed by atoms with Crippen LogP contribution in [0, 0.1) is 0 Å². The monoisotopic (exact) mass is 404 g/mol. The van der Waals surface area contributed by atoms with Crippen LogP contribution in [0.2, 0.25) is 5.02 Å². The molecule has 0 heterocycles. The van der Waals surface area contributed by atoms with Gasteiger partial charge in [-0.05, 0) is 31.0 Å². The number of nitrogens with zero attached hydrogens (tertiary/aromatic N) is 1. The molecule has 2 aromatic carbocycles. The van der Waals surface area contributed by atoms with E-state index in [4.69, 9.17) is 11.6 Å². The van der Waals surface area contributed by atoms with Gasteiger partial charge in [0.05, 0.1) is 5.75 Å². The van der Waals surface area contributed by atoms with E-state index < -0.39 is 6.04 Å². The fraction of sp³-hybridized carbons (Fsp3) is 0.333. The first-order chi connectivity index (χ1) is 13.0. The third kappa shape index (κ3) is 6.60. The molecule has 2 amide bonds. The Hall–Kier alpha value is -1.98. The second-order valence-electron chi connectivity index (χ2n) is 6.16. The maximum atomic E-state index is 12.9. The summed E-state index contributed by atoms with van der Waals surface area (Å²) in [7, 11) is 0. The van der Waals surface area contributed by atoms with Crippen molar-refractivity contribution in [1.82, 2.24) is 10.2 Å². The minimum atomic E-state index is -0.529. The lowest BCUT2D eigenvalue weighted by molar-refractivity contribution is -0.138. The number of halogens is 1. The summed E-state index contributed by atoms with van der Waals surface area (Å²) in [4.78, 5) is 26.8. The summed E-state index contributed by atoms with van der Waals surface area (Å²) in [5, 5.41) is 3.50. The summed E-state index contributed by atoms with van der Waals surface area (Å²) in [6, 6.07) is 16.8.